The SMILES string of the molecule is CC[C@@H]1C[C@H](NCC(C)C)CC[C@@H]1N1CCCC1=O. The molecule has 0 radical (unpaired) electrons. The van der Waals surface area contributed by atoms with Crippen LogP contribution >= 0.6 is 0 Å². The maximum absolute atomic E-state index is 11.9. The molecule has 1 amide bonds. The lowest BCUT2D eigenvalue weighted by Crippen LogP contribution is -2.48. The van der Waals surface area contributed by atoms with E-state index in [1.807, 2.05) is 0 Å². The number of amides is 1. The summed E-state index contributed by atoms with van der Waals surface area (Å²) in [4.78, 5) is 14.1. The Hall–Kier alpha value is -0.570. The minimum absolute atomic E-state index is 0.400. The summed E-state index contributed by atoms with van der Waals surface area (Å²) < 4.78 is 0. The van der Waals surface area contributed by atoms with Crippen molar-refractivity contribution in [1.82, 2.24) is 10.2 Å². The Kier molecular flexibility index (Phi) is 5.26. The second-order valence-corrected chi connectivity index (χ2v) is 6.74. The molecule has 1 saturated heterocycles. The Labute approximate surface area is 118 Å². The monoisotopic (exact) mass is 266 g/mol. The van der Waals surface area contributed by atoms with Crippen LogP contribution in [0.2, 0.25) is 0 Å². The fourth-order valence-corrected chi connectivity index (χ4v) is 3.70. The average Bonchev–Trinajstić information content (AvgIpc) is 2.82. The molecule has 1 heterocycles. The van der Waals surface area contributed by atoms with Crippen molar-refractivity contribution in [3.05, 3.63) is 0 Å². The molecule has 0 unspecified atom stereocenters. The van der Waals surface area contributed by atoms with Crippen LogP contribution in [0, 0.1) is 11.8 Å². The predicted molar refractivity (Wildman–Crippen MR) is 79.0 cm³/mol. The summed E-state index contributed by atoms with van der Waals surface area (Å²) >= 11 is 0. The molecule has 2 fully saturated rings. The van der Waals surface area contributed by atoms with Gasteiger partial charge in [-0.2, -0.15) is 0 Å². The van der Waals surface area contributed by atoms with E-state index in [9.17, 15) is 4.79 Å². The van der Waals surface area contributed by atoms with Crippen molar-refractivity contribution in [3.63, 3.8) is 0 Å². The van der Waals surface area contributed by atoms with Crippen LogP contribution in [-0.4, -0.2) is 36.0 Å². The molecule has 0 aromatic carbocycles. The zero-order chi connectivity index (χ0) is 13.8. The van der Waals surface area contributed by atoms with Crippen molar-refractivity contribution in [2.24, 2.45) is 11.8 Å². The number of hydrogen-bond acceptors (Lipinski definition) is 2. The van der Waals surface area contributed by atoms with E-state index in [1.54, 1.807) is 0 Å². The number of carbonyl (C=O) groups is 1. The molecule has 3 atom stereocenters. The van der Waals surface area contributed by atoms with Crippen LogP contribution in [0.3, 0.4) is 0 Å². The van der Waals surface area contributed by atoms with Gasteiger partial charge in [-0.05, 0) is 44.1 Å². The first-order valence-corrected chi connectivity index (χ1v) is 8.14. The number of carbonyl (C=O) groups excluding carboxylic acids is 1. The minimum atomic E-state index is 0.400. The molecule has 0 aromatic rings. The van der Waals surface area contributed by atoms with E-state index in [0.29, 0.717) is 23.9 Å². The fourth-order valence-electron chi connectivity index (χ4n) is 3.70. The number of nitrogens with zero attached hydrogens (tertiary/aromatic N) is 1. The normalized spacial score (nSPS) is 32.3. The Balaban J connectivity index is 1.89. The molecule has 110 valence electrons. The van der Waals surface area contributed by atoms with Crippen LogP contribution in [-0.2, 0) is 4.79 Å². The highest BCUT2D eigenvalue weighted by Crippen LogP contribution is 2.33. The maximum Gasteiger partial charge on any atom is 0.222 e. The zero-order valence-electron chi connectivity index (χ0n) is 12.8. The molecule has 2 rings (SSSR count). The number of likely N-dealkylation sites (tertiary alicyclic amines) is 1. The second-order valence-electron chi connectivity index (χ2n) is 6.74. The minimum Gasteiger partial charge on any atom is -0.339 e. The Bertz CT molecular complexity index is 303. The third kappa shape index (κ3) is 3.71. The highest BCUT2D eigenvalue weighted by atomic mass is 16.2. The van der Waals surface area contributed by atoms with E-state index in [-0.39, 0.29) is 0 Å². The molecule has 1 N–H and O–H groups in total. The standard InChI is InChI=1S/C16H30N2O/c1-4-13-10-14(17-11-12(2)3)7-8-15(13)18-9-5-6-16(18)19/h12-15,17H,4-11H2,1-3H3/t13-,14-,15+/m1/s1. The maximum atomic E-state index is 11.9. The Morgan fingerprint density at radius 2 is 2.16 bits per heavy atom. The molecule has 0 aromatic heterocycles. The van der Waals surface area contributed by atoms with E-state index in [4.69, 9.17) is 0 Å². The van der Waals surface area contributed by atoms with Gasteiger partial charge < -0.3 is 10.2 Å². The van der Waals surface area contributed by atoms with Crippen LogP contribution in [0.5, 0.6) is 0 Å². The quantitative estimate of drug-likeness (QED) is 0.830. The summed E-state index contributed by atoms with van der Waals surface area (Å²) in [6.45, 7) is 8.93. The Morgan fingerprint density at radius 3 is 2.74 bits per heavy atom. The van der Waals surface area contributed by atoms with Gasteiger partial charge in [-0.1, -0.05) is 27.2 Å². The van der Waals surface area contributed by atoms with Crippen molar-refractivity contribution in [3.8, 4) is 0 Å². The molecule has 1 aliphatic heterocycles. The molecular weight excluding hydrogens is 236 g/mol. The van der Waals surface area contributed by atoms with Crippen LogP contribution < -0.4 is 5.32 Å². The van der Waals surface area contributed by atoms with Gasteiger partial charge in [-0.25, -0.2) is 0 Å². The molecule has 2 aliphatic rings. The summed E-state index contributed by atoms with van der Waals surface area (Å²) in [5, 5.41) is 3.70. The van der Waals surface area contributed by atoms with Gasteiger partial charge in [0.15, 0.2) is 0 Å². The smallest absolute Gasteiger partial charge is 0.222 e. The van der Waals surface area contributed by atoms with Gasteiger partial charge in [-0.3, -0.25) is 4.79 Å². The molecule has 0 spiro atoms. The molecule has 3 heteroatoms. The van der Waals surface area contributed by atoms with Crippen LogP contribution in [0.15, 0.2) is 0 Å². The summed E-state index contributed by atoms with van der Waals surface area (Å²) in [5.74, 6) is 1.82. The fraction of sp³-hybridized carbons (Fsp3) is 0.938. The number of nitrogens with one attached hydrogen (secondary N) is 1. The first-order valence-electron chi connectivity index (χ1n) is 8.14. The van der Waals surface area contributed by atoms with Gasteiger partial charge in [0.25, 0.3) is 0 Å². The van der Waals surface area contributed by atoms with Crippen molar-refractivity contribution < 1.29 is 4.79 Å². The third-order valence-corrected chi connectivity index (χ3v) is 4.79. The molecule has 1 aliphatic carbocycles. The highest BCUT2D eigenvalue weighted by molar-refractivity contribution is 5.78. The first-order chi connectivity index (χ1) is 9.11. The second kappa shape index (κ2) is 6.74. The molecule has 3 nitrogen and oxygen atoms in total. The van der Waals surface area contributed by atoms with Crippen LogP contribution in [0.1, 0.15) is 59.3 Å². The molecule has 1 saturated carbocycles. The Morgan fingerprint density at radius 1 is 1.37 bits per heavy atom. The van der Waals surface area contributed by atoms with Gasteiger partial charge >= 0.3 is 0 Å². The van der Waals surface area contributed by atoms with Crippen molar-refractivity contribution in [1.29, 1.82) is 0 Å². The van der Waals surface area contributed by atoms with Crippen molar-refractivity contribution >= 4 is 5.91 Å². The summed E-state index contributed by atoms with van der Waals surface area (Å²) in [6.07, 6.45) is 6.73. The van der Waals surface area contributed by atoms with E-state index in [1.165, 1.54) is 25.7 Å². The third-order valence-electron chi connectivity index (χ3n) is 4.79. The largest absolute Gasteiger partial charge is 0.339 e. The average molecular weight is 266 g/mol. The lowest BCUT2D eigenvalue weighted by atomic mass is 9.79. The van der Waals surface area contributed by atoms with Gasteiger partial charge in [0.05, 0.1) is 0 Å². The van der Waals surface area contributed by atoms with E-state index >= 15 is 0 Å². The van der Waals surface area contributed by atoms with E-state index in [0.717, 1.165) is 31.8 Å². The lowest BCUT2D eigenvalue weighted by molar-refractivity contribution is -0.131. The van der Waals surface area contributed by atoms with Gasteiger partial charge in [0.2, 0.25) is 5.91 Å². The van der Waals surface area contributed by atoms with Gasteiger partial charge in [0, 0.05) is 25.0 Å². The number of hydrogen-bond donors (Lipinski definition) is 1. The molecular formula is C16H30N2O. The molecule has 19 heavy (non-hydrogen) atoms. The topological polar surface area (TPSA) is 32.3 Å². The lowest BCUT2D eigenvalue weighted by Gasteiger charge is -2.41. The first kappa shape index (κ1) is 14.8. The summed E-state index contributed by atoms with van der Waals surface area (Å²) in [5.41, 5.74) is 0. The van der Waals surface area contributed by atoms with Crippen molar-refractivity contribution in [2.75, 3.05) is 13.1 Å². The van der Waals surface area contributed by atoms with Crippen molar-refractivity contribution in [2.45, 2.75) is 71.4 Å². The van der Waals surface area contributed by atoms with E-state index in [2.05, 4.69) is 31.0 Å². The highest BCUT2D eigenvalue weighted by Gasteiger charge is 2.36. The predicted octanol–water partition coefficient (Wildman–Crippen LogP) is 2.80. The summed E-state index contributed by atoms with van der Waals surface area (Å²) in [7, 11) is 0. The van der Waals surface area contributed by atoms with Gasteiger partial charge in [0.1, 0.15) is 0 Å². The van der Waals surface area contributed by atoms with Gasteiger partial charge in [-0.15, -0.1) is 0 Å². The van der Waals surface area contributed by atoms with Crippen LogP contribution in [0.25, 0.3) is 0 Å². The molecule has 0 bridgehead atoms. The summed E-state index contributed by atoms with van der Waals surface area (Å²) in [6, 6.07) is 1.19. The number of rotatable bonds is 5. The van der Waals surface area contributed by atoms with E-state index < -0.39 is 0 Å². The zero-order valence-corrected chi connectivity index (χ0v) is 12.8. The van der Waals surface area contributed by atoms with Crippen LogP contribution in [0.4, 0.5) is 0 Å².